The number of methoxy groups -OCH3 is 3. The van der Waals surface area contributed by atoms with Gasteiger partial charge in [0, 0.05) is 69.0 Å². The maximum Gasteiger partial charge on any atom is 0.333 e. The van der Waals surface area contributed by atoms with Crippen molar-refractivity contribution in [2.75, 3.05) is 94.0 Å². The van der Waals surface area contributed by atoms with Crippen molar-refractivity contribution in [2.24, 2.45) is 4.99 Å². The number of hydrogen-bond donors (Lipinski definition) is 2. The van der Waals surface area contributed by atoms with Crippen LogP contribution in [0.1, 0.15) is 62.2 Å². The Morgan fingerprint density at radius 2 is 1.41 bits per heavy atom. The summed E-state index contributed by atoms with van der Waals surface area (Å²) in [4.78, 5) is 81.7. The van der Waals surface area contributed by atoms with Crippen LogP contribution in [0.5, 0.6) is 23.0 Å². The number of aliphatic imine (C=N–C) groups is 1. The molecule has 4 amide bonds. The minimum atomic E-state index is -4.93. The third-order valence-corrected chi connectivity index (χ3v) is 15.2. The Bertz CT molecular complexity index is 3440. The van der Waals surface area contributed by atoms with Gasteiger partial charge in [-0.1, -0.05) is 36.4 Å². The second kappa shape index (κ2) is 24.0. The van der Waals surface area contributed by atoms with Crippen LogP contribution in [0.3, 0.4) is 0 Å². The maximum atomic E-state index is 14.2. The number of hydrogen-bond acceptors (Lipinski definition) is 18. The molecular formula is C57H58N6O16S. The zero-order chi connectivity index (χ0) is 56.1. The van der Waals surface area contributed by atoms with Crippen molar-refractivity contribution in [1.82, 2.24) is 5.06 Å². The molecule has 2 N–H and O–H groups in total. The van der Waals surface area contributed by atoms with E-state index >= 15 is 0 Å². The maximum absolute atomic E-state index is 14.2. The lowest BCUT2D eigenvalue weighted by Gasteiger charge is -2.26. The largest absolute Gasteiger partial charge is 0.493 e. The molecule has 418 valence electrons. The summed E-state index contributed by atoms with van der Waals surface area (Å²) in [7, 11) is -0.365. The van der Waals surface area contributed by atoms with Gasteiger partial charge in [-0.15, -0.1) is 5.06 Å². The normalized spacial score (nSPS) is 16.9. The van der Waals surface area contributed by atoms with Crippen LogP contribution in [0.15, 0.2) is 102 Å². The van der Waals surface area contributed by atoms with Crippen molar-refractivity contribution in [1.29, 1.82) is 0 Å². The van der Waals surface area contributed by atoms with Crippen LogP contribution in [0.25, 0.3) is 0 Å². The second-order valence-corrected chi connectivity index (χ2v) is 20.9. The predicted octanol–water partition coefficient (Wildman–Crippen LogP) is 6.00. The Morgan fingerprint density at radius 1 is 0.750 bits per heavy atom. The van der Waals surface area contributed by atoms with E-state index in [2.05, 4.69) is 16.2 Å². The van der Waals surface area contributed by atoms with Gasteiger partial charge < -0.3 is 53.1 Å². The monoisotopic (exact) mass is 1110 g/mol. The van der Waals surface area contributed by atoms with Crippen molar-refractivity contribution in [3.63, 3.8) is 0 Å². The molecule has 5 aromatic rings. The molecule has 23 heteroatoms. The number of allylic oxidation sites excluding steroid dienone is 1. The van der Waals surface area contributed by atoms with Crippen LogP contribution < -0.4 is 39.0 Å². The number of para-hydroxylation sites is 2. The van der Waals surface area contributed by atoms with E-state index in [0.29, 0.717) is 108 Å². The first kappa shape index (κ1) is 55.0. The Labute approximate surface area is 461 Å². The molecule has 80 heavy (non-hydrogen) atoms. The summed E-state index contributed by atoms with van der Waals surface area (Å²) >= 11 is 0. The molecule has 5 aromatic carbocycles. The smallest absolute Gasteiger partial charge is 0.333 e. The number of nitrogens with one attached hydrogen (secondary N) is 1. The SMILES string of the molecule is COCCOCCOCCN(CCCC(=O)ON1C(=O)CC(S(=O)(=O)O)C1=O)c1cc(COc2cc3c(cc2OC)C(=O)N2C(=C=N3)Cc3ccccc32)cc(COc2cc3c(cc2OC)C(=O)N2c4ccccc4C[C@H]2CN3)c1. The first-order chi connectivity index (χ1) is 38.7. The molecule has 5 aliphatic rings. The Morgan fingerprint density at radius 3 is 2.11 bits per heavy atom. The molecule has 0 spiro atoms. The van der Waals surface area contributed by atoms with Crippen molar-refractivity contribution in [3.8, 4) is 23.0 Å². The number of rotatable bonds is 24. The number of nitrogens with zero attached hydrogens (tertiary/aromatic N) is 5. The van der Waals surface area contributed by atoms with E-state index in [1.807, 2.05) is 76.5 Å². The first-order valence-corrected chi connectivity index (χ1v) is 27.4. The summed E-state index contributed by atoms with van der Waals surface area (Å²) in [6.07, 6.45) is 0.148. The highest BCUT2D eigenvalue weighted by Crippen LogP contribution is 2.43. The van der Waals surface area contributed by atoms with Gasteiger partial charge in [0.15, 0.2) is 28.2 Å². The summed E-state index contributed by atoms with van der Waals surface area (Å²) < 4.78 is 74.2. The number of fused-ring (bicyclic) bond motifs is 8. The lowest BCUT2D eigenvalue weighted by Crippen LogP contribution is -2.39. The topological polar surface area (TPSA) is 251 Å². The molecule has 0 aliphatic carbocycles. The molecule has 2 atom stereocenters. The lowest BCUT2D eigenvalue weighted by atomic mass is 10.1. The van der Waals surface area contributed by atoms with Gasteiger partial charge in [0.05, 0.1) is 93.6 Å². The van der Waals surface area contributed by atoms with Gasteiger partial charge in [0.2, 0.25) is 0 Å². The number of anilines is 4. The summed E-state index contributed by atoms with van der Waals surface area (Å²) in [5, 5.41) is 1.48. The molecule has 10 rings (SSSR count). The number of carbonyl (C=O) groups is 5. The fraction of sp³-hybridized carbons (Fsp3) is 0.351. The number of benzene rings is 5. The van der Waals surface area contributed by atoms with Crippen molar-refractivity contribution >= 4 is 74.0 Å². The molecule has 0 radical (unpaired) electrons. The van der Waals surface area contributed by atoms with Gasteiger partial charge in [0.25, 0.3) is 33.7 Å². The Kier molecular flexibility index (Phi) is 16.5. The zero-order valence-corrected chi connectivity index (χ0v) is 45.0. The summed E-state index contributed by atoms with van der Waals surface area (Å²) in [6, 6.07) is 27.8. The van der Waals surface area contributed by atoms with Gasteiger partial charge in [-0.2, -0.15) is 8.42 Å². The highest BCUT2D eigenvalue weighted by atomic mass is 32.2. The molecule has 1 unspecified atom stereocenters. The third kappa shape index (κ3) is 11.7. The summed E-state index contributed by atoms with van der Waals surface area (Å²) in [5.41, 5.74) is 8.01. The van der Waals surface area contributed by atoms with Crippen LogP contribution >= 0.6 is 0 Å². The highest BCUT2D eigenvalue weighted by Gasteiger charge is 2.48. The minimum Gasteiger partial charge on any atom is -0.493 e. The summed E-state index contributed by atoms with van der Waals surface area (Å²) in [6.45, 7) is 2.58. The fourth-order valence-electron chi connectivity index (χ4n) is 10.2. The van der Waals surface area contributed by atoms with E-state index in [1.54, 1.807) is 36.3 Å². The number of imide groups is 1. The van der Waals surface area contributed by atoms with Gasteiger partial charge in [-0.25, -0.2) is 9.79 Å². The standard InChI is InChI=1S/C57H58N6O16S/c1-72-17-18-76-20-19-75-16-15-60(14-8-13-54(65)79-63-53(64)30-52(57(63)68)80(69,70)71)39-22-35(33-77-50-28-44-42(26-48(50)73-2)55(66)61-40(31-58-44)24-37-9-4-6-11-46(37)61)21-36(23-39)34-78-51-29-45-43(27-49(51)74-3)56(67)62-41(32-59-45)25-38-10-5-7-12-47(38)62/h4-7,9-12,21-23,26-29,40,52,58H,8,13-20,24-25,30-31,33-34H2,1-3H3,(H,69,70,71)/t40-,52?/m0/s1. The van der Waals surface area contributed by atoms with Crippen LogP contribution in [-0.4, -0.2) is 139 Å². The van der Waals surface area contributed by atoms with Crippen LogP contribution in [-0.2, 0) is 69.6 Å². The molecule has 5 heterocycles. The first-order valence-electron chi connectivity index (χ1n) is 25.9. The number of ether oxygens (including phenoxy) is 7. The molecule has 1 saturated heterocycles. The van der Waals surface area contributed by atoms with E-state index in [-0.39, 0.29) is 74.5 Å². The average molecular weight is 1120 g/mol. The number of carbonyl (C=O) groups excluding carboxylic acids is 5. The quantitative estimate of drug-likeness (QED) is 0.0408. The van der Waals surface area contributed by atoms with E-state index in [4.69, 9.17) is 38.0 Å². The highest BCUT2D eigenvalue weighted by molar-refractivity contribution is 7.87. The van der Waals surface area contributed by atoms with Gasteiger partial charge >= 0.3 is 5.97 Å². The lowest BCUT2D eigenvalue weighted by molar-refractivity contribution is -0.197. The van der Waals surface area contributed by atoms with Crippen molar-refractivity contribution in [3.05, 3.63) is 130 Å². The van der Waals surface area contributed by atoms with E-state index in [0.717, 1.165) is 22.5 Å². The Balaban J connectivity index is 0.928. The van der Waals surface area contributed by atoms with E-state index in [1.165, 1.54) is 14.2 Å². The van der Waals surface area contributed by atoms with Gasteiger partial charge in [-0.05, 0) is 77.6 Å². The molecule has 0 saturated carbocycles. The van der Waals surface area contributed by atoms with Crippen molar-refractivity contribution in [2.45, 2.75) is 56.6 Å². The Hall–Kier alpha value is -8.31. The summed E-state index contributed by atoms with van der Waals surface area (Å²) in [5.74, 6) is 0.512. The third-order valence-electron chi connectivity index (χ3n) is 14.2. The fourth-order valence-corrected chi connectivity index (χ4v) is 10.9. The number of amides is 4. The molecule has 0 bridgehead atoms. The molecule has 1 fully saturated rings. The van der Waals surface area contributed by atoms with Crippen LogP contribution in [0.2, 0.25) is 0 Å². The van der Waals surface area contributed by atoms with Crippen molar-refractivity contribution < 1.29 is 74.9 Å². The van der Waals surface area contributed by atoms with E-state index < -0.39 is 39.6 Å². The molecular weight excluding hydrogens is 1060 g/mol. The zero-order valence-electron chi connectivity index (χ0n) is 44.1. The second-order valence-electron chi connectivity index (χ2n) is 19.3. The van der Waals surface area contributed by atoms with Crippen LogP contribution in [0, 0.1) is 0 Å². The predicted molar refractivity (Wildman–Crippen MR) is 291 cm³/mol. The number of hydroxylamine groups is 2. The van der Waals surface area contributed by atoms with Gasteiger partial charge in [0.1, 0.15) is 13.2 Å². The minimum absolute atomic E-state index is 0.00271. The molecule has 5 aliphatic heterocycles. The van der Waals surface area contributed by atoms with Gasteiger partial charge in [-0.3, -0.25) is 28.6 Å². The average Bonchev–Trinajstić information content (AvgIpc) is 4.06. The molecule has 0 aromatic heterocycles. The van der Waals surface area contributed by atoms with E-state index in [9.17, 15) is 36.9 Å². The van der Waals surface area contributed by atoms with Crippen LogP contribution in [0.4, 0.5) is 28.4 Å². The molecule has 22 nitrogen and oxygen atoms in total.